The van der Waals surface area contributed by atoms with E-state index in [2.05, 4.69) is 51.7 Å². The number of benzene rings is 1. The summed E-state index contributed by atoms with van der Waals surface area (Å²) in [5.74, 6) is 2.76. The molecule has 0 unspecified atom stereocenters. The lowest BCUT2D eigenvalue weighted by Gasteiger charge is -2.36. The lowest BCUT2D eigenvalue weighted by molar-refractivity contribution is 0.139. The molecule has 1 saturated heterocycles. The normalized spacial score (nSPS) is 23.8. The highest BCUT2D eigenvalue weighted by atomic mass is 79.9. The minimum Gasteiger partial charge on any atom is -0.497 e. The summed E-state index contributed by atoms with van der Waals surface area (Å²) in [5.41, 5.74) is 1.40. The average molecular weight is 480 g/mol. The molecule has 4 heteroatoms. The van der Waals surface area contributed by atoms with E-state index in [0.717, 1.165) is 23.6 Å². The minimum atomic E-state index is 0.806. The van der Waals surface area contributed by atoms with E-state index in [4.69, 9.17) is 4.74 Å². The van der Waals surface area contributed by atoms with Gasteiger partial charge in [0.05, 0.1) is 7.11 Å². The van der Waals surface area contributed by atoms with Crippen LogP contribution >= 0.6 is 15.9 Å². The molecule has 1 aromatic carbocycles. The Balaban J connectivity index is 1.31. The van der Waals surface area contributed by atoms with Crippen molar-refractivity contribution in [1.29, 1.82) is 0 Å². The molecule has 1 saturated carbocycles. The highest BCUT2D eigenvalue weighted by molar-refractivity contribution is 9.10. The van der Waals surface area contributed by atoms with Crippen molar-refractivity contribution in [2.75, 3.05) is 39.8 Å². The van der Waals surface area contributed by atoms with Crippen molar-refractivity contribution in [2.24, 2.45) is 11.8 Å². The van der Waals surface area contributed by atoms with Gasteiger partial charge >= 0.3 is 0 Å². The fraction of sp³-hybridized carbons (Fsp3) is 0.769. The van der Waals surface area contributed by atoms with Crippen molar-refractivity contribution in [3.8, 4) is 5.75 Å². The highest BCUT2D eigenvalue weighted by Crippen LogP contribution is 2.31. The van der Waals surface area contributed by atoms with E-state index in [1.807, 2.05) is 6.07 Å². The number of likely N-dealkylation sites (tertiary alicyclic amines) is 1. The van der Waals surface area contributed by atoms with Gasteiger partial charge in [-0.15, -0.1) is 0 Å². The highest BCUT2D eigenvalue weighted by Gasteiger charge is 2.25. The molecule has 30 heavy (non-hydrogen) atoms. The first-order valence-corrected chi connectivity index (χ1v) is 13.2. The molecule has 170 valence electrons. The molecule has 0 bridgehead atoms. The van der Waals surface area contributed by atoms with Crippen LogP contribution in [0.2, 0.25) is 0 Å². The summed E-state index contributed by atoms with van der Waals surface area (Å²) in [5, 5.41) is 0. The zero-order valence-corrected chi connectivity index (χ0v) is 21.1. The van der Waals surface area contributed by atoms with Crippen LogP contribution in [0.1, 0.15) is 70.8 Å². The van der Waals surface area contributed by atoms with Gasteiger partial charge in [-0.3, -0.25) is 0 Å². The van der Waals surface area contributed by atoms with Crippen LogP contribution in [0.4, 0.5) is 0 Å². The van der Waals surface area contributed by atoms with E-state index >= 15 is 0 Å². The van der Waals surface area contributed by atoms with Crippen molar-refractivity contribution in [3.05, 3.63) is 28.2 Å². The number of hydrogen-bond acceptors (Lipinski definition) is 3. The molecular weight excluding hydrogens is 436 g/mol. The zero-order valence-electron chi connectivity index (χ0n) is 19.5. The second kappa shape index (κ2) is 12.5. The van der Waals surface area contributed by atoms with Crippen LogP contribution in [-0.4, -0.2) is 55.7 Å². The van der Waals surface area contributed by atoms with Gasteiger partial charge in [0.2, 0.25) is 0 Å². The van der Waals surface area contributed by atoms with E-state index < -0.39 is 0 Å². The first-order chi connectivity index (χ1) is 14.6. The first kappa shape index (κ1) is 24.1. The average Bonchev–Trinajstić information content (AvgIpc) is 2.78. The van der Waals surface area contributed by atoms with Crippen molar-refractivity contribution in [2.45, 2.75) is 77.7 Å². The topological polar surface area (TPSA) is 15.7 Å². The Morgan fingerprint density at radius 2 is 1.70 bits per heavy atom. The molecule has 2 aliphatic rings. The van der Waals surface area contributed by atoms with Gasteiger partial charge in [-0.05, 0) is 126 Å². The molecule has 0 amide bonds. The second-order valence-electron chi connectivity index (χ2n) is 9.48. The quantitative estimate of drug-likeness (QED) is 0.387. The molecule has 0 N–H and O–H groups in total. The zero-order chi connectivity index (χ0) is 21.3. The molecule has 0 atom stereocenters. The maximum absolute atomic E-state index is 5.41. The minimum absolute atomic E-state index is 0.806. The summed E-state index contributed by atoms with van der Waals surface area (Å²) in [7, 11) is 1.75. The molecule has 3 rings (SSSR count). The van der Waals surface area contributed by atoms with Gasteiger partial charge in [-0.2, -0.15) is 0 Å². The summed E-state index contributed by atoms with van der Waals surface area (Å²) < 4.78 is 6.63. The maximum Gasteiger partial charge on any atom is 0.119 e. The smallest absolute Gasteiger partial charge is 0.119 e. The van der Waals surface area contributed by atoms with Crippen LogP contribution in [0, 0.1) is 11.8 Å². The maximum atomic E-state index is 5.41. The fourth-order valence-corrected chi connectivity index (χ4v) is 6.11. The molecule has 1 aliphatic heterocycles. The molecule has 0 aromatic heterocycles. The van der Waals surface area contributed by atoms with E-state index in [0.29, 0.717) is 0 Å². The lowest BCUT2D eigenvalue weighted by Crippen LogP contribution is -2.38. The molecule has 0 radical (unpaired) electrons. The van der Waals surface area contributed by atoms with Gasteiger partial charge in [-0.1, -0.05) is 29.8 Å². The number of nitrogens with zero attached hydrogens (tertiary/aromatic N) is 2. The van der Waals surface area contributed by atoms with E-state index in [1.54, 1.807) is 7.11 Å². The Hall–Kier alpha value is -0.580. The summed E-state index contributed by atoms with van der Waals surface area (Å²) in [6, 6.07) is 7.22. The van der Waals surface area contributed by atoms with Gasteiger partial charge in [-0.25, -0.2) is 0 Å². The number of piperidine rings is 1. The number of methoxy groups -OCH3 is 1. The Morgan fingerprint density at radius 3 is 2.33 bits per heavy atom. The molecule has 1 heterocycles. The van der Waals surface area contributed by atoms with Gasteiger partial charge in [0, 0.05) is 10.5 Å². The number of halogens is 1. The molecule has 1 aliphatic carbocycles. The lowest BCUT2D eigenvalue weighted by atomic mass is 9.82. The fourth-order valence-electron chi connectivity index (χ4n) is 5.70. The summed E-state index contributed by atoms with van der Waals surface area (Å²) >= 11 is 3.72. The number of ether oxygens (including phenoxy) is 1. The van der Waals surface area contributed by atoms with Crippen molar-refractivity contribution < 1.29 is 4.74 Å². The Labute approximate surface area is 193 Å². The van der Waals surface area contributed by atoms with Gasteiger partial charge in [0.15, 0.2) is 0 Å². The summed E-state index contributed by atoms with van der Waals surface area (Å²) in [6.45, 7) is 10.9. The molecular formula is C26H43BrN2O. The van der Waals surface area contributed by atoms with Crippen LogP contribution in [0.5, 0.6) is 5.75 Å². The number of rotatable bonds is 10. The van der Waals surface area contributed by atoms with Crippen LogP contribution in [0.25, 0.3) is 0 Å². The van der Waals surface area contributed by atoms with Crippen LogP contribution in [0.3, 0.4) is 0 Å². The van der Waals surface area contributed by atoms with Crippen LogP contribution in [0.15, 0.2) is 22.7 Å². The number of hydrogen-bond donors (Lipinski definition) is 0. The van der Waals surface area contributed by atoms with E-state index in [1.165, 1.54) is 101 Å². The monoisotopic (exact) mass is 478 g/mol. The van der Waals surface area contributed by atoms with Gasteiger partial charge in [0.25, 0.3) is 0 Å². The van der Waals surface area contributed by atoms with Crippen LogP contribution in [-0.2, 0) is 6.42 Å². The third-order valence-electron chi connectivity index (χ3n) is 7.70. The Bertz CT molecular complexity index is 617. The van der Waals surface area contributed by atoms with Crippen LogP contribution < -0.4 is 4.74 Å². The van der Waals surface area contributed by atoms with Gasteiger partial charge in [0.1, 0.15) is 5.75 Å². The Kier molecular flexibility index (Phi) is 9.99. The standard InChI is InChI=1S/C26H43BrN2O/c1-4-29(5-2)24-10-8-21(9-11-24)7-6-16-28-17-14-22(15-18-28)19-23-20-25(30-3)12-13-26(23)27/h12-13,20-22,24H,4-11,14-19H2,1-3H3/t21-,24-. The predicted molar refractivity (Wildman–Crippen MR) is 131 cm³/mol. The van der Waals surface area contributed by atoms with E-state index in [-0.39, 0.29) is 0 Å². The molecule has 2 fully saturated rings. The first-order valence-electron chi connectivity index (χ1n) is 12.4. The Morgan fingerprint density at radius 1 is 1.00 bits per heavy atom. The third-order valence-corrected chi connectivity index (χ3v) is 8.47. The van der Waals surface area contributed by atoms with Gasteiger partial charge < -0.3 is 14.5 Å². The summed E-state index contributed by atoms with van der Waals surface area (Å²) in [6.07, 6.45) is 12.4. The molecule has 3 nitrogen and oxygen atoms in total. The van der Waals surface area contributed by atoms with Crippen molar-refractivity contribution >= 4 is 15.9 Å². The van der Waals surface area contributed by atoms with E-state index in [9.17, 15) is 0 Å². The SMILES string of the molecule is CCN(CC)[C@H]1CC[C@H](CCCN2CCC(Cc3cc(OC)ccc3Br)CC2)CC1. The largest absolute Gasteiger partial charge is 0.497 e. The molecule has 1 aromatic rings. The third kappa shape index (κ3) is 6.97. The summed E-state index contributed by atoms with van der Waals surface area (Å²) in [4.78, 5) is 5.39. The second-order valence-corrected chi connectivity index (χ2v) is 10.3. The van der Waals surface area contributed by atoms with Crippen molar-refractivity contribution in [1.82, 2.24) is 9.80 Å². The molecule has 0 spiro atoms. The predicted octanol–water partition coefficient (Wildman–Crippen LogP) is 6.39. The van der Waals surface area contributed by atoms with Crippen molar-refractivity contribution in [3.63, 3.8) is 0 Å².